The van der Waals surface area contributed by atoms with Gasteiger partial charge < -0.3 is 10.5 Å². The number of nitrogens with zero attached hydrogens (tertiary/aromatic N) is 1. The summed E-state index contributed by atoms with van der Waals surface area (Å²) < 4.78 is 5.78. The average Bonchev–Trinajstić information content (AvgIpc) is 2.78. The lowest BCUT2D eigenvalue weighted by molar-refractivity contribution is 0.243. The van der Waals surface area contributed by atoms with Crippen molar-refractivity contribution in [1.82, 2.24) is 4.98 Å². The highest BCUT2D eigenvalue weighted by Gasteiger charge is 2.17. The molecule has 1 aliphatic rings. The molecule has 1 saturated carbocycles. The van der Waals surface area contributed by atoms with Crippen molar-refractivity contribution in [2.75, 3.05) is 6.61 Å². The third-order valence-corrected chi connectivity index (χ3v) is 3.51. The molecule has 0 spiro atoms. The molecule has 0 aromatic carbocycles. The molecule has 0 bridgehead atoms. The van der Waals surface area contributed by atoms with E-state index in [0.29, 0.717) is 16.8 Å². The van der Waals surface area contributed by atoms with Crippen molar-refractivity contribution in [3.8, 4) is 5.88 Å². The van der Waals surface area contributed by atoms with E-state index in [2.05, 4.69) is 4.98 Å². The van der Waals surface area contributed by atoms with Gasteiger partial charge in [-0.3, -0.25) is 0 Å². The Morgan fingerprint density at radius 1 is 1.53 bits per heavy atom. The summed E-state index contributed by atoms with van der Waals surface area (Å²) in [6.45, 7) is 2.70. The average molecular weight is 250 g/mol. The van der Waals surface area contributed by atoms with Gasteiger partial charge in [-0.25, -0.2) is 4.98 Å². The molecule has 0 radical (unpaired) electrons. The van der Waals surface area contributed by atoms with Gasteiger partial charge in [0.15, 0.2) is 0 Å². The molecule has 1 aromatic heterocycles. The van der Waals surface area contributed by atoms with Gasteiger partial charge in [-0.1, -0.05) is 25.1 Å². The number of aromatic nitrogens is 1. The Hall–Kier alpha value is -1.16. The summed E-state index contributed by atoms with van der Waals surface area (Å²) in [5.74, 6) is 1.25. The fourth-order valence-electron chi connectivity index (χ4n) is 2.32. The zero-order valence-electron chi connectivity index (χ0n) is 10.1. The summed E-state index contributed by atoms with van der Waals surface area (Å²) >= 11 is 5.04. The third-order valence-electron chi connectivity index (χ3n) is 3.30. The molecule has 2 N–H and O–H groups in total. The molecule has 4 heteroatoms. The second-order valence-electron chi connectivity index (χ2n) is 4.63. The summed E-state index contributed by atoms with van der Waals surface area (Å²) in [6, 6.07) is 1.90. The van der Waals surface area contributed by atoms with Crippen LogP contribution in [-0.2, 0) is 0 Å². The summed E-state index contributed by atoms with van der Waals surface area (Å²) in [6.07, 6.45) is 6.89. The second kappa shape index (κ2) is 5.45. The Labute approximate surface area is 107 Å². The molecule has 0 aliphatic heterocycles. The lowest BCUT2D eigenvalue weighted by atomic mass is 10.1. The smallest absolute Gasteiger partial charge is 0.223 e. The van der Waals surface area contributed by atoms with E-state index in [1.807, 2.05) is 13.0 Å². The zero-order valence-corrected chi connectivity index (χ0v) is 10.9. The molecule has 2 rings (SSSR count). The highest BCUT2D eigenvalue weighted by Crippen LogP contribution is 2.26. The van der Waals surface area contributed by atoms with Crippen molar-refractivity contribution in [3.05, 3.63) is 23.4 Å². The first-order chi connectivity index (χ1) is 8.18. The van der Waals surface area contributed by atoms with Crippen LogP contribution in [0.3, 0.4) is 0 Å². The highest BCUT2D eigenvalue weighted by molar-refractivity contribution is 7.80. The normalized spacial score (nSPS) is 16.1. The van der Waals surface area contributed by atoms with Crippen LogP contribution in [0.4, 0.5) is 0 Å². The predicted octanol–water partition coefficient (Wildman–Crippen LogP) is 2.59. The van der Waals surface area contributed by atoms with Crippen LogP contribution in [0.25, 0.3) is 0 Å². The van der Waals surface area contributed by atoms with Gasteiger partial charge >= 0.3 is 0 Å². The van der Waals surface area contributed by atoms with Gasteiger partial charge in [0.25, 0.3) is 0 Å². The molecule has 92 valence electrons. The van der Waals surface area contributed by atoms with Gasteiger partial charge in [0.1, 0.15) is 4.99 Å². The van der Waals surface area contributed by atoms with Crippen molar-refractivity contribution in [2.24, 2.45) is 11.7 Å². The van der Waals surface area contributed by atoms with Crippen LogP contribution in [0, 0.1) is 12.8 Å². The first-order valence-electron chi connectivity index (χ1n) is 6.06. The Morgan fingerprint density at radius 2 is 2.24 bits per heavy atom. The van der Waals surface area contributed by atoms with E-state index in [1.165, 1.54) is 25.7 Å². The van der Waals surface area contributed by atoms with Gasteiger partial charge in [0.05, 0.1) is 12.2 Å². The monoisotopic (exact) mass is 250 g/mol. The largest absolute Gasteiger partial charge is 0.477 e. The lowest BCUT2D eigenvalue weighted by Gasteiger charge is -2.14. The number of thiocarbonyl (C=S) groups is 1. The van der Waals surface area contributed by atoms with Crippen molar-refractivity contribution in [2.45, 2.75) is 32.6 Å². The molecule has 0 saturated heterocycles. The number of pyridine rings is 1. The number of hydrogen-bond donors (Lipinski definition) is 1. The molecule has 1 aromatic rings. The van der Waals surface area contributed by atoms with Crippen LogP contribution in [0.2, 0.25) is 0 Å². The molecule has 3 nitrogen and oxygen atoms in total. The zero-order chi connectivity index (χ0) is 12.3. The first-order valence-corrected chi connectivity index (χ1v) is 6.47. The van der Waals surface area contributed by atoms with Crippen LogP contribution in [0.15, 0.2) is 12.3 Å². The van der Waals surface area contributed by atoms with E-state index >= 15 is 0 Å². The van der Waals surface area contributed by atoms with E-state index in [4.69, 9.17) is 22.7 Å². The van der Waals surface area contributed by atoms with Gasteiger partial charge in [-0.15, -0.1) is 0 Å². The highest BCUT2D eigenvalue weighted by atomic mass is 32.1. The molecule has 1 fully saturated rings. The number of ether oxygens (including phenoxy) is 1. The minimum absolute atomic E-state index is 0.358. The van der Waals surface area contributed by atoms with Crippen molar-refractivity contribution >= 4 is 17.2 Å². The summed E-state index contributed by atoms with van der Waals surface area (Å²) in [7, 11) is 0. The molecule has 1 aliphatic carbocycles. The number of aryl methyl sites for hydroxylation is 1. The SMILES string of the molecule is Cc1ccnc(OCC2CCCC2)c1C(N)=S. The quantitative estimate of drug-likeness (QED) is 0.834. The Bertz CT molecular complexity index is 414. The van der Waals surface area contributed by atoms with E-state index in [1.54, 1.807) is 6.20 Å². The Kier molecular flexibility index (Phi) is 3.94. The Morgan fingerprint density at radius 3 is 2.88 bits per heavy atom. The van der Waals surface area contributed by atoms with Gasteiger partial charge in [0.2, 0.25) is 5.88 Å². The molecule has 0 amide bonds. The van der Waals surface area contributed by atoms with Gasteiger partial charge in [0, 0.05) is 6.20 Å². The molecular formula is C13H18N2OS. The molecule has 17 heavy (non-hydrogen) atoms. The minimum atomic E-state index is 0.358. The number of rotatable bonds is 4. The van der Waals surface area contributed by atoms with Crippen LogP contribution >= 0.6 is 12.2 Å². The van der Waals surface area contributed by atoms with E-state index in [-0.39, 0.29) is 0 Å². The maximum atomic E-state index is 5.78. The summed E-state index contributed by atoms with van der Waals surface area (Å²) in [5, 5.41) is 0. The van der Waals surface area contributed by atoms with Crippen LogP contribution in [0.1, 0.15) is 36.8 Å². The van der Waals surface area contributed by atoms with Crippen LogP contribution < -0.4 is 10.5 Å². The van der Waals surface area contributed by atoms with E-state index < -0.39 is 0 Å². The van der Waals surface area contributed by atoms with Crippen molar-refractivity contribution in [3.63, 3.8) is 0 Å². The van der Waals surface area contributed by atoms with E-state index in [0.717, 1.165) is 17.7 Å². The first kappa shape index (κ1) is 12.3. The van der Waals surface area contributed by atoms with Gasteiger partial charge in [-0.2, -0.15) is 0 Å². The Balaban J connectivity index is 2.09. The maximum Gasteiger partial charge on any atom is 0.223 e. The maximum absolute atomic E-state index is 5.78. The molecule has 1 heterocycles. The fraction of sp³-hybridized carbons (Fsp3) is 0.538. The summed E-state index contributed by atoms with van der Waals surface area (Å²) in [5.41, 5.74) is 7.51. The molecule has 0 unspecified atom stereocenters. The van der Waals surface area contributed by atoms with Crippen molar-refractivity contribution < 1.29 is 4.74 Å². The fourth-order valence-corrected chi connectivity index (χ4v) is 2.56. The molecular weight excluding hydrogens is 232 g/mol. The topological polar surface area (TPSA) is 48.1 Å². The van der Waals surface area contributed by atoms with Crippen molar-refractivity contribution in [1.29, 1.82) is 0 Å². The lowest BCUT2D eigenvalue weighted by Crippen LogP contribution is -2.16. The second-order valence-corrected chi connectivity index (χ2v) is 5.07. The minimum Gasteiger partial charge on any atom is -0.477 e. The third kappa shape index (κ3) is 2.94. The van der Waals surface area contributed by atoms with Crippen LogP contribution in [-0.4, -0.2) is 16.6 Å². The van der Waals surface area contributed by atoms with E-state index in [9.17, 15) is 0 Å². The summed E-state index contributed by atoms with van der Waals surface area (Å²) in [4.78, 5) is 4.59. The number of nitrogens with two attached hydrogens (primary N) is 1. The number of hydrogen-bond acceptors (Lipinski definition) is 3. The van der Waals surface area contributed by atoms with Crippen LogP contribution in [0.5, 0.6) is 5.88 Å². The molecule has 0 atom stereocenters. The van der Waals surface area contributed by atoms with Gasteiger partial charge in [-0.05, 0) is 37.3 Å². The standard InChI is InChI=1S/C13H18N2OS/c1-9-6-7-15-13(11(9)12(14)17)16-8-10-4-2-3-5-10/h6-7,10H,2-5,8H2,1H3,(H2,14,17). The predicted molar refractivity (Wildman–Crippen MR) is 72.3 cm³/mol.